The van der Waals surface area contributed by atoms with Gasteiger partial charge in [0.15, 0.2) is 6.61 Å². The normalized spacial score (nSPS) is 10.2. The number of halogens is 1. The van der Waals surface area contributed by atoms with Crippen LogP contribution < -0.4 is 0 Å². The van der Waals surface area contributed by atoms with Crippen LogP contribution in [0.15, 0.2) is 40.1 Å². The maximum absolute atomic E-state index is 5.82. The van der Waals surface area contributed by atoms with Gasteiger partial charge in [-0.2, -0.15) is 0 Å². The monoisotopic (exact) mass is 264 g/mol. The summed E-state index contributed by atoms with van der Waals surface area (Å²) in [6.07, 6.45) is 1.56. The summed E-state index contributed by atoms with van der Waals surface area (Å²) in [4.78, 5) is 9.40. The highest BCUT2D eigenvalue weighted by molar-refractivity contribution is 6.30. The summed E-state index contributed by atoms with van der Waals surface area (Å²) in [5.41, 5.74) is 2.43. The average Bonchev–Trinajstić information content (AvgIpc) is 2.78. The number of hydrogen-bond donors (Lipinski definition) is 0. The molecule has 1 heterocycles. The Labute approximate surface area is 110 Å². The van der Waals surface area contributed by atoms with Crippen molar-refractivity contribution in [3.8, 4) is 11.5 Å². The summed E-state index contributed by atoms with van der Waals surface area (Å²) < 4.78 is 5.37. The Hall–Kier alpha value is -1.81. The van der Waals surface area contributed by atoms with Crippen LogP contribution in [-0.4, -0.2) is 10.7 Å². The van der Waals surface area contributed by atoms with Gasteiger partial charge in [-0.3, -0.25) is 0 Å². The second-order valence-corrected chi connectivity index (χ2v) is 4.40. The van der Waals surface area contributed by atoms with Gasteiger partial charge in [-0.05, 0) is 38.1 Å². The second kappa shape index (κ2) is 5.69. The summed E-state index contributed by atoms with van der Waals surface area (Å²) >= 11 is 5.82. The van der Waals surface area contributed by atoms with Gasteiger partial charge in [-0.25, -0.2) is 4.98 Å². The summed E-state index contributed by atoms with van der Waals surface area (Å²) in [6.45, 7) is 4.02. The summed E-state index contributed by atoms with van der Waals surface area (Å²) in [5, 5.41) is 4.51. The molecule has 1 aromatic heterocycles. The Morgan fingerprint density at radius 1 is 1.33 bits per heavy atom. The predicted molar refractivity (Wildman–Crippen MR) is 70.5 cm³/mol. The van der Waals surface area contributed by atoms with E-state index in [-0.39, 0.29) is 0 Å². The standard InChI is InChI=1S/C13H13ClN2O2/c1-9(2)16-18-8-12-7-17-13(15-12)10-3-5-11(14)6-4-10/h3-7H,8H2,1-2H3. The number of aromatic nitrogens is 1. The number of oxime groups is 1. The fraction of sp³-hybridized carbons (Fsp3) is 0.231. The van der Waals surface area contributed by atoms with Crippen molar-refractivity contribution in [1.82, 2.24) is 4.98 Å². The molecule has 2 rings (SSSR count). The fourth-order valence-electron chi connectivity index (χ4n) is 1.33. The highest BCUT2D eigenvalue weighted by Crippen LogP contribution is 2.21. The molecule has 0 saturated heterocycles. The van der Waals surface area contributed by atoms with E-state index < -0.39 is 0 Å². The minimum atomic E-state index is 0.294. The lowest BCUT2D eigenvalue weighted by molar-refractivity contribution is 0.127. The number of oxazole rings is 1. The molecule has 0 fully saturated rings. The SMILES string of the molecule is CC(C)=NOCc1coc(-c2ccc(Cl)cc2)n1. The third-order valence-corrected chi connectivity index (χ3v) is 2.35. The fourth-order valence-corrected chi connectivity index (χ4v) is 1.45. The first kappa shape index (κ1) is 12.6. The van der Waals surface area contributed by atoms with Crippen LogP contribution >= 0.6 is 11.6 Å². The zero-order valence-corrected chi connectivity index (χ0v) is 10.9. The van der Waals surface area contributed by atoms with Gasteiger partial charge < -0.3 is 9.25 Å². The summed E-state index contributed by atoms with van der Waals surface area (Å²) in [6, 6.07) is 7.30. The topological polar surface area (TPSA) is 47.6 Å². The van der Waals surface area contributed by atoms with Crippen molar-refractivity contribution in [1.29, 1.82) is 0 Å². The molecule has 0 bridgehead atoms. The maximum atomic E-state index is 5.82. The molecule has 0 atom stereocenters. The largest absolute Gasteiger partial charge is 0.444 e. The first-order valence-electron chi connectivity index (χ1n) is 5.48. The van der Waals surface area contributed by atoms with Crippen molar-refractivity contribution in [3.05, 3.63) is 41.2 Å². The van der Waals surface area contributed by atoms with Gasteiger partial charge >= 0.3 is 0 Å². The van der Waals surface area contributed by atoms with Crippen LogP contribution in [0, 0.1) is 0 Å². The predicted octanol–water partition coefficient (Wildman–Crippen LogP) is 3.91. The van der Waals surface area contributed by atoms with E-state index in [4.69, 9.17) is 20.9 Å². The van der Waals surface area contributed by atoms with E-state index in [1.54, 1.807) is 18.4 Å². The highest BCUT2D eigenvalue weighted by Gasteiger charge is 2.06. The first-order valence-corrected chi connectivity index (χ1v) is 5.86. The molecule has 0 unspecified atom stereocenters. The molecule has 0 aliphatic carbocycles. The van der Waals surface area contributed by atoms with E-state index >= 15 is 0 Å². The van der Waals surface area contributed by atoms with Crippen LogP contribution in [-0.2, 0) is 11.4 Å². The van der Waals surface area contributed by atoms with E-state index in [1.807, 2.05) is 26.0 Å². The molecular formula is C13H13ClN2O2. The number of nitrogens with zero attached hydrogens (tertiary/aromatic N) is 2. The van der Waals surface area contributed by atoms with E-state index in [9.17, 15) is 0 Å². The molecule has 0 radical (unpaired) electrons. The van der Waals surface area contributed by atoms with E-state index in [1.165, 1.54) is 0 Å². The molecule has 0 aliphatic heterocycles. The molecule has 0 N–H and O–H groups in total. The molecule has 0 aliphatic rings. The van der Waals surface area contributed by atoms with Crippen molar-refractivity contribution in [3.63, 3.8) is 0 Å². The van der Waals surface area contributed by atoms with Gasteiger partial charge in [0.1, 0.15) is 12.0 Å². The lowest BCUT2D eigenvalue weighted by atomic mass is 10.2. The molecule has 0 amide bonds. The minimum Gasteiger partial charge on any atom is -0.444 e. The van der Waals surface area contributed by atoms with Gasteiger partial charge in [-0.15, -0.1) is 0 Å². The molecule has 0 spiro atoms. The Morgan fingerprint density at radius 2 is 2.06 bits per heavy atom. The van der Waals surface area contributed by atoms with Crippen LogP contribution in [0.2, 0.25) is 5.02 Å². The van der Waals surface area contributed by atoms with Gasteiger partial charge in [0.2, 0.25) is 5.89 Å². The Kier molecular flexibility index (Phi) is 3.99. The van der Waals surface area contributed by atoms with E-state index in [0.717, 1.165) is 11.3 Å². The maximum Gasteiger partial charge on any atom is 0.226 e. The van der Waals surface area contributed by atoms with Crippen LogP contribution in [0.1, 0.15) is 19.5 Å². The van der Waals surface area contributed by atoms with Crippen molar-refractivity contribution >= 4 is 17.3 Å². The van der Waals surface area contributed by atoms with Gasteiger partial charge in [0.25, 0.3) is 0 Å². The number of benzene rings is 1. The van der Waals surface area contributed by atoms with Crippen molar-refractivity contribution < 1.29 is 9.25 Å². The minimum absolute atomic E-state index is 0.294. The Morgan fingerprint density at radius 3 is 2.72 bits per heavy atom. The lowest BCUT2D eigenvalue weighted by Gasteiger charge is -1.95. The highest BCUT2D eigenvalue weighted by atomic mass is 35.5. The van der Waals surface area contributed by atoms with Crippen LogP contribution in [0.5, 0.6) is 0 Å². The van der Waals surface area contributed by atoms with Crippen molar-refractivity contribution in [2.24, 2.45) is 5.16 Å². The lowest BCUT2D eigenvalue weighted by Crippen LogP contribution is -1.90. The van der Waals surface area contributed by atoms with Gasteiger partial charge in [0.05, 0.1) is 5.71 Å². The van der Waals surface area contributed by atoms with Gasteiger partial charge in [-0.1, -0.05) is 16.8 Å². The first-order chi connectivity index (χ1) is 8.65. The molecule has 5 heteroatoms. The number of hydrogen-bond acceptors (Lipinski definition) is 4. The molecule has 94 valence electrons. The second-order valence-electron chi connectivity index (χ2n) is 3.96. The van der Waals surface area contributed by atoms with Crippen LogP contribution in [0.4, 0.5) is 0 Å². The molecule has 0 saturated carbocycles. The zero-order valence-electron chi connectivity index (χ0n) is 10.2. The molecule has 18 heavy (non-hydrogen) atoms. The smallest absolute Gasteiger partial charge is 0.226 e. The summed E-state index contributed by atoms with van der Waals surface area (Å²) in [5.74, 6) is 0.544. The number of rotatable bonds is 4. The Balaban J connectivity index is 2.06. The Bertz CT molecular complexity index is 542. The molecule has 1 aromatic carbocycles. The molecule has 2 aromatic rings. The quantitative estimate of drug-likeness (QED) is 0.621. The van der Waals surface area contributed by atoms with Crippen molar-refractivity contribution in [2.75, 3.05) is 0 Å². The third-order valence-electron chi connectivity index (χ3n) is 2.10. The van der Waals surface area contributed by atoms with Crippen LogP contribution in [0.25, 0.3) is 11.5 Å². The summed E-state index contributed by atoms with van der Waals surface area (Å²) in [7, 11) is 0. The zero-order chi connectivity index (χ0) is 13.0. The van der Waals surface area contributed by atoms with E-state index in [0.29, 0.717) is 23.2 Å². The van der Waals surface area contributed by atoms with E-state index in [2.05, 4.69) is 10.1 Å². The molecule has 4 nitrogen and oxygen atoms in total. The van der Waals surface area contributed by atoms with Gasteiger partial charge in [0, 0.05) is 10.6 Å². The third kappa shape index (κ3) is 3.34. The average molecular weight is 265 g/mol. The van der Waals surface area contributed by atoms with Crippen LogP contribution in [0.3, 0.4) is 0 Å². The molecular weight excluding hydrogens is 252 g/mol. The van der Waals surface area contributed by atoms with Crippen molar-refractivity contribution in [2.45, 2.75) is 20.5 Å².